The lowest BCUT2D eigenvalue weighted by Crippen LogP contribution is -2.48. The van der Waals surface area contributed by atoms with Crippen LogP contribution < -0.4 is 21.9 Å². The van der Waals surface area contributed by atoms with Crippen molar-refractivity contribution in [3.63, 3.8) is 0 Å². The summed E-state index contributed by atoms with van der Waals surface area (Å²) in [6, 6.07) is 6.95. The molecule has 0 aliphatic carbocycles. The van der Waals surface area contributed by atoms with Gasteiger partial charge in [0, 0.05) is 19.5 Å². The molecule has 3 rings (SSSR count). The first kappa shape index (κ1) is 22.3. The molecular formula is C22H28N4O5. The van der Waals surface area contributed by atoms with Crippen molar-refractivity contribution in [1.29, 1.82) is 0 Å². The zero-order valence-electron chi connectivity index (χ0n) is 17.8. The fraction of sp³-hybridized carbons (Fsp3) is 0.455. The number of hydrogen-bond donors (Lipinski definition) is 2. The van der Waals surface area contributed by atoms with Gasteiger partial charge in [-0.3, -0.25) is 19.1 Å². The first-order chi connectivity index (χ1) is 14.9. The molecule has 9 nitrogen and oxygen atoms in total. The summed E-state index contributed by atoms with van der Waals surface area (Å²) in [6.07, 6.45) is 2.03. The number of nitrogens with zero attached hydrogens (tertiary/aromatic N) is 2. The van der Waals surface area contributed by atoms with E-state index < -0.39 is 29.2 Å². The lowest BCUT2D eigenvalue weighted by molar-refractivity contribution is -0.127. The number of unbranched alkanes of at least 4 members (excludes halogenated alkanes) is 2. The number of hydrogen-bond acceptors (Lipinski definition) is 6. The summed E-state index contributed by atoms with van der Waals surface area (Å²) in [4.78, 5) is 54.3. The van der Waals surface area contributed by atoms with Crippen molar-refractivity contribution in [3.05, 3.63) is 56.2 Å². The summed E-state index contributed by atoms with van der Waals surface area (Å²) in [5.74, 6) is -1.17. The molecule has 1 aromatic heterocycles. The lowest BCUT2D eigenvalue weighted by Gasteiger charge is -2.30. The number of benzene rings is 1. The molecule has 1 aliphatic heterocycles. The van der Waals surface area contributed by atoms with Crippen molar-refractivity contribution in [3.8, 4) is 0 Å². The van der Waals surface area contributed by atoms with Gasteiger partial charge in [-0.2, -0.15) is 0 Å². The highest BCUT2D eigenvalue weighted by Gasteiger charge is 2.36. The molecule has 1 atom stereocenters. The van der Waals surface area contributed by atoms with Crippen LogP contribution in [0.25, 0.3) is 0 Å². The van der Waals surface area contributed by atoms with Gasteiger partial charge in [-0.25, -0.2) is 9.59 Å². The van der Waals surface area contributed by atoms with Gasteiger partial charge in [-0.15, -0.1) is 0 Å². The summed E-state index contributed by atoms with van der Waals surface area (Å²) < 4.78 is 6.68. The predicted molar refractivity (Wildman–Crippen MR) is 117 cm³/mol. The number of aromatic nitrogens is 2. The van der Waals surface area contributed by atoms with E-state index in [1.807, 2.05) is 13.8 Å². The van der Waals surface area contributed by atoms with Crippen molar-refractivity contribution in [2.45, 2.75) is 58.6 Å². The van der Waals surface area contributed by atoms with Crippen LogP contribution in [-0.4, -0.2) is 34.1 Å². The molecule has 1 amide bonds. The first-order valence-corrected chi connectivity index (χ1v) is 10.6. The monoisotopic (exact) mass is 428 g/mol. The molecule has 1 aliphatic rings. The number of ether oxygens (including phenoxy) is 1. The number of anilines is 2. The van der Waals surface area contributed by atoms with E-state index in [0.29, 0.717) is 30.5 Å². The van der Waals surface area contributed by atoms with Gasteiger partial charge in [-0.05, 0) is 24.5 Å². The highest BCUT2D eigenvalue weighted by molar-refractivity contribution is 6.02. The van der Waals surface area contributed by atoms with Crippen LogP contribution in [0.1, 0.15) is 55.5 Å². The number of nitrogens with two attached hydrogens (primary N) is 1. The number of carbonyl (C=O) groups is 2. The molecule has 166 valence electrons. The zero-order valence-corrected chi connectivity index (χ0v) is 17.8. The molecule has 2 heterocycles. The summed E-state index contributed by atoms with van der Waals surface area (Å²) in [7, 11) is 0. The van der Waals surface area contributed by atoms with E-state index in [9.17, 15) is 19.2 Å². The fourth-order valence-corrected chi connectivity index (χ4v) is 3.67. The van der Waals surface area contributed by atoms with Crippen LogP contribution in [0, 0.1) is 0 Å². The molecule has 2 aromatic rings. The Morgan fingerprint density at radius 2 is 1.90 bits per heavy atom. The van der Waals surface area contributed by atoms with E-state index in [1.165, 1.54) is 9.47 Å². The van der Waals surface area contributed by atoms with Crippen LogP contribution in [0.4, 0.5) is 11.5 Å². The SMILES string of the molecule is CCCCN(C(=O)[C@@H]1Cc2ccccc2C(=O)O1)c1c(N)n(CCCC)c(=O)[nH]c1=O. The zero-order chi connectivity index (χ0) is 22.5. The molecule has 31 heavy (non-hydrogen) atoms. The Bertz CT molecular complexity index is 1090. The van der Waals surface area contributed by atoms with Gasteiger partial charge in [0.1, 0.15) is 5.82 Å². The number of carbonyl (C=O) groups excluding carboxylic acids is 2. The Balaban J connectivity index is 2.01. The summed E-state index contributed by atoms with van der Waals surface area (Å²) in [6.45, 7) is 4.46. The van der Waals surface area contributed by atoms with E-state index in [-0.39, 0.29) is 24.5 Å². The minimum Gasteiger partial charge on any atom is -0.448 e. The van der Waals surface area contributed by atoms with E-state index >= 15 is 0 Å². The molecule has 3 N–H and O–H groups in total. The Hall–Kier alpha value is -3.36. The number of cyclic esters (lactones) is 1. The van der Waals surface area contributed by atoms with Gasteiger partial charge in [0.15, 0.2) is 11.8 Å². The molecule has 0 bridgehead atoms. The van der Waals surface area contributed by atoms with Crippen LogP contribution >= 0.6 is 0 Å². The van der Waals surface area contributed by atoms with Crippen molar-refractivity contribution in [2.24, 2.45) is 0 Å². The number of rotatable bonds is 8. The average Bonchev–Trinajstić information content (AvgIpc) is 2.75. The van der Waals surface area contributed by atoms with Crippen molar-refractivity contribution in [1.82, 2.24) is 9.55 Å². The highest BCUT2D eigenvalue weighted by Crippen LogP contribution is 2.25. The summed E-state index contributed by atoms with van der Waals surface area (Å²) in [5.41, 5.74) is 5.93. The van der Waals surface area contributed by atoms with Gasteiger partial charge in [0.05, 0.1) is 5.56 Å². The largest absolute Gasteiger partial charge is 0.448 e. The van der Waals surface area contributed by atoms with E-state index in [1.54, 1.807) is 24.3 Å². The van der Waals surface area contributed by atoms with Crippen molar-refractivity contribution >= 4 is 23.4 Å². The number of nitrogens with one attached hydrogen (secondary N) is 1. The highest BCUT2D eigenvalue weighted by atomic mass is 16.5. The van der Waals surface area contributed by atoms with E-state index in [4.69, 9.17) is 10.5 Å². The number of aromatic amines is 1. The minimum atomic E-state index is -1.07. The van der Waals surface area contributed by atoms with Crippen LogP contribution in [0.15, 0.2) is 33.9 Å². The smallest absolute Gasteiger partial charge is 0.339 e. The number of nitrogen functional groups attached to an aromatic ring is 1. The third-order valence-electron chi connectivity index (χ3n) is 5.39. The topological polar surface area (TPSA) is 127 Å². The molecule has 9 heteroatoms. The summed E-state index contributed by atoms with van der Waals surface area (Å²) in [5, 5.41) is 0. The first-order valence-electron chi connectivity index (χ1n) is 10.6. The molecule has 0 unspecified atom stereocenters. The third-order valence-corrected chi connectivity index (χ3v) is 5.39. The molecule has 1 aromatic carbocycles. The van der Waals surface area contributed by atoms with Gasteiger partial charge >= 0.3 is 11.7 Å². The Morgan fingerprint density at radius 1 is 1.19 bits per heavy atom. The van der Waals surface area contributed by atoms with Crippen molar-refractivity contribution < 1.29 is 14.3 Å². The van der Waals surface area contributed by atoms with Crippen LogP contribution in [0.3, 0.4) is 0 Å². The molecule has 0 spiro atoms. The van der Waals surface area contributed by atoms with Gasteiger partial charge in [0.2, 0.25) is 0 Å². The van der Waals surface area contributed by atoms with Crippen LogP contribution in [0.5, 0.6) is 0 Å². The maximum absolute atomic E-state index is 13.4. The second-order valence-corrected chi connectivity index (χ2v) is 7.60. The second kappa shape index (κ2) is 9.63. The van der Waals surface area contributed by atoms with Gasteiger partial charge < -0.3 is 15.4 Å². The lowest BCUT2D eigenvalue weighted by atomic mass is 9.98. The van der Waals surface area contributed by atoms with E-state index in [0.717, 1.165) is 12.8 Å². The Labute approximate surface area is 179 Å². The number of fused-ring (bicyclic) bond motifs is 1. The third kappa shape index (κ3) is 4.55. The number of amides is 1. The molecule has 0 radical (unpaired) electrons. The molecule has 0 saturated heterocycles. The molecular weight excluding hydrogens is 400 g/mol. The van der Waals surface area contributed by atoms with E-state index in [2.05, 4.69) is 4.98 Å². The van der Waals surface area contributed by atoms with Gasteiger partial charge in [0.25, 0.3) is 11.5 Å². The van der Waals surface area contributed by atoms with Gasteiger partial charge in [-0.1, -0.05) is 44.9 Å². The van der Waals surface area contributed by atoms with Crippen LogP contribution in [0.2, 0.25) is 0 Å². The quantitative estimate of drug-likeness (QED) is 0.618. The van der Waals surface area contributed by atoms with Crippen molar-refractivity contribution in [2.75, 3.05) is 17.2 Å². The Morgan fingerprint density at radius 3 is 2.61 bits per heavy atom. The second-order valence-electron chi connectivity index (χ2n) is 7.60. The van der Waals surface area contributed by atoms with Crippen LogP contribution in [-0.2, 0) is 22.5 Å². The fourth-order valence-electron chi connectivity index (χ4n) is 3.67. The predicted octanol–water partition coefficient (Wildman–Crippen LogP) is 1.83. The average molecular weight is 428 g/mol. The molecule has 0 saturated carbocycles. The number of H-pyrrole nitrogens is 1. The molecule has 0 fully saturated rings. The minimum absolute atomic E-state index is 0.0609. The maximum atomic E-state index is 13.4. The summed E-state index contributed by atoms with van der Waals surface area (Å²) >= 11 is 0. The normalized spacial score (nSPS) is 15.3. The Kier molecular flexibility index (Phi) is 6.94. The number of esters is 1. The maximum Gasteiger partial charge on any atom is 0.339 e. The standard InChI is InChI=1S/C22H28N4O5/c1-3-5-11-25(17-18(23)26(12-6-4-2)22(30)24-19(17)27)20(28)16-13-14-9-7-8-10-15(14)21(29)31-16/h7-10,16H,3-6,11-13,23H2,1-2H3,(H,24,27,30)/t16-/m0/s1.